The van der Waals surface area contributed by atoms with Crippen molar-refractivity contribution in [2.75, 3.05) is 5.32 Å². The van der Waals surface area contributed by atoms with E-state index in [1.54, 1.807) is 12.1 Å². The van der Waals surface area contributed by atoms with Crippen molar-refractivity contribution in [3.05, 3.63) is 76.3 Å². The Hall–Kier alpha value is -1.29. The van der Waals surface area contributed by atoms with Crippen LogP contribution in [0.3, 0.4) is 0 Å². The number of halogens is 3. The minimum Gasteiger partial charge on any atom is -0.324 e. The fourth-order valence-corrected chi connectivity index (χ4v) is 4.53. The Balaban J connectivity index is 2.13. The molecule has 3 rings (SSSR count). The fraction of sp³-hybridized carbons (Fsp3) is 0.211. The molecule has 0 fully saturated rings. The Bertz CT molecular complexity index is 808. The number of allylic oxidation sites excluding steroid dienone is 1. The molecule has 1 N–H and O–H groups in total. The molecule has 0 spiro atoms. The maximum Gasteiger partial charge on any atom is 0.246 e. The summed E-state index contributed by atoms with van der Waals surface area (Å²) in [5, 5.41) is 4.19. The van der Waals surface area contributed by atoms with E-state index in [1.807, 2.05) is 36.4 Å². The highest BCUT2D eigenvalue weighted by Gasteiger charge is 2.50. The van der Waals surface area contributed by atoms with Crippen LogP contribution < -0.4 is 5.32 Å². The minimum absolute atomic E-state index is 0.0865. The Labute approximate surface area is 160 Å². The molecular weight excluding hydrogens is 409 g/mol. The average Bonchev–Trinajstić information content (AvgIpc) is 2.79. The van der Waals surface area contributed by atoms with Gasteiger partial charge in [-0.15, -0.1) is 6.58 Å². The van der Waals surface area contributed by atoms with E-state index in [1.165, 1.54) is 0 Å². The maximum absolute atomic E-state index is 12.9. The van der Waals surface area contributed by atoms with Gasteiger partial charge in [-0.3, -0.25) is 4.79 Å². The van der Waals surface area contributed by atoms with Crippen LogP contribution in [-0.4, -0.2) is 5.91 Å². The monoisotopic (exact) mass is 423 g/mol. The molecular formula is C19H16BrCl2NO. The SMILES string of the molecule is C=CCCC(c1cccc(Cl)c1)[C@@]1(Br)C(=O)Nc2cc(Cl)ccc21. The Morgan fingerprint density at radius 1 is 1.21 bits per heavy atom. The van der Waals surface area contributed by atoms with Gasteiger partial charge < -0.3 is 5.32 Å². The van der Waals surface area contributed by atoms with Crippen LogP contribution in [0.2, 0.25) is 10.0 Å². The number of nitrogens with one attached hydrogen (secondary N) is 1. The molecule has 1 unspecified atom stereocenters. The van der Waals surface area contributed by atoms with Crippen LogP contribution in [0, 0.1) is 0 Å². The lowest BCUT2D eigenvalue weighted by molar-refractivity contribution is -0.118. The predicted octanol–water partition coefficient (Wildman–Crippen LogP) is 6.29. The molecule has 0 aromatic heterocycles. The van der Waals surface area contributed by atoms with E-state index in [4.69, 9.17) is 23.2 Å². The normalized spacial score (nSPS) is 20.4. The Kier molecular flexibility index (Phi) is 5.05. The molecule has 0 saturated carbocycles. The molecule has 2 nitrogen and oxygen atoms in total. The number of benzene rings is 2. The first-order valence-corrected chi connectivity index (χ1v) is 9.18. The van der Waals surface area contributed by atoms with Crippen LogP contribution in [0.4, 0.5) is 5.69 Å². The number of hydrogen-bond acceptors (Lipinski definition) is 1. The van der Waals surface area contributed by atoms with Gasteiger partial charge in [-0.2, -0.15) is 0 Å². The number of carbonyl (C=O) groups is 1. The van der Waals surface area contributed by atoms with Gasteiger partial charge in [-0.25, -0.2) is 0 Å². The highest BCUT2D eigenvalue weighted by atomic mass is 79.9. The zero-order chi connectivity index (χ0) is 17.3. The highest BCUT2D eigenvalue weighted by Crippen LogP contribution is 2.53. The number of rotatable bonds is 5. The average molecular weight is 425 g/mol. The van der Waals surface area contributed by atoms with E-state index >= 15 is 0 Å². The Morgan fingerprint density at radius 2 is 1.96 bits per heavy atom. The topological polar surface area (TPSA) is 29.1 Å². The van der Waals surface area contributed by atoms with Crippen LogP contribution in [0.5, 0.6) is 0 Å². The molecule has 0 aliphatic carbocycles. The zero-order valence-corrected chi connectivity index (χ0v) is 16.0. The Morgan fingerprint density at radius 3 is 2.67 bits per heavy atom. The van der Waals surface area contributed by atoms with Gasteiger partial charge in [-0.05, 0) is 42.7 Å². The largest absolute Gasteiger partial charge is 0.324 e. The van der Waals surface area contributed by atoms with Crippen molar-refractivity contribution >= 4 is 50.7 Å². The third-order valence-corrected chi connectivity index (χ3v) is 6.15. The summed E-state index contributed by atoms with van der Waals surface area (Å²) in [7, 11) is 0. The molecule has 0 saturated heterocycles. The fourth-order valence-electron chi connectivity index (χ4n) is 3.22. The van der Waals surface area contributed by atoms with E-state index in [9.17, 15) is 4.79 Å². The second-order valence-corrected chi connectivity index (χ2v) is 7.95. The standard InChI is InChI=1S/C19H16BrCl2NO/c1-2-3-7-15(12-5-4-6-13(21)10-12)19(20)16-9-8-14(22)11-17(16)23-18(19)24/h2,4-6,8-11,15H,1,3,7H2,(H,23,24)/t15?,19-/m0/s1. The molecule has 1 aliphatic rings. The van der Waals surface area contributed by atoms with E-state index in [0.29, 0.717) is 10.0 Å². The summed E-state index contributed by atoms with van der Waals surface area (Å²) in [6, 6.07) is 13.1. The summed E-state index contributed by atoms with van der Waals surface area (Å²) >= 11 is 16.0. The zero-order valence-electron chi connectivity index (χ0n) is 12.9. The van der Waals surface area contributed by atoms with E-state index in [-0.39, 0.29) is 11.8 Å². The smallest absolute Gasteiger partial charge is 0.246 e. The van der Waals surface area contributed by atoms with Gasteiger partial charge in [-0.1, -0.05) is 63.4 Å². The minimum atomic E-state index is -0.861. The third-order valence-electron chi connectivity index (χ3n) is 4.34. The van der Waals surface area contributed by atoms with Gasteiger partial charge in [0, 0.05) is 27.2 Å². The van der Waals surface area contributed by atoms with E-state index < -0.39 is 4.32 Å². The van der Waals surface area contributed by atoms with Crippen LogP contribution >= 0.6 is 39.1 Å². The molecule has 0 radical (unpaired) electrons. The van der Waals surface area contributed by atoms with Gasteiger partial charge in [0.05, 0.1) is 0 Å². The molecule has 1 heterocycles. The summed E-state index contributed by atoms with van der Waals surface area (Å²) in [4.78, 5) is 12.9. The highest BCUT2D eigenvalue weighted by molar-refractivity contribution is 9.10. The molecule has 2 aromatic carbocycles. The van der Waals surface area contributed by atoms with Gasteiger partial charge in [0.2, 0.25) is 5.91 Å². The summed E-state index contributed by atoms with van der Waals surface area (Å²) in [5.74, 6) is -0.176. The lowest BCUT2D eigenvalue weighted by Crippen LogP contribution is -2.34. The van der Waals surface area contributed by atoms with Crippen molar-refractivity contribution in [1.29, 1.82) is 0 Å². The van der Waals surface area contributed by atoms with E-state index in [0.717, 1.165) is 29.7 Å². The van der Waals surface area contributed by atoms with Crippen molar-refractivity contribution in [1.82, 2.24) is 0 Å². The van der Waals surface area contributed by atoms with Crippen molar-refractivity contribution in [2.45, 2.75) is 23.1 Å². The van der Waals surface area contributed by atoms with Crippen molar-refractivity contribution < 1.29 is 4.79 Å². The molecule has 124 valence electrons. The number of fused-ring (bicyclic) bond motifs is 1. The lowest BCUT2D eigenvalue weighted by atomic mass is 9.79. The van der Waals surface area contributed by atoms with Crippen molar-refractivity contribution in [2.24, 2.45) is 0 Å². The summed E-state index contributed by atoms with van der Waals surface area (Å²) in [5.41, 5.74) is 2.65. The van der Waals surface area contributed by atoms with Gasteiger partial charge in [0.25, 0.3) is 0 Å². The van der Waals surface area contributed by atoms with Gasteiger partial charge in [0.15, 0.2) is 0 Å². The second kappa shape index (κ2) is 6.91. The summed E-state index contributed by atoms with van der Waals surface area (Å²) in [6.45, 7) is 3.81. The number of hydrogen-bond donors (Lipinski definition) is 1. The molecule has 2 aromatic rings. The second-order valence-electron chi connectivity index (χ2n) is 5.83. The van der Waals surface area contributed by atoms with Crippen LogP contribution in [0.1, 0.15) is 29.9 Å². The van der Waals surface area contributed by atoms with Gasteiger partial charge >= 0.3 is 0 Å². The van der Waals surface area contributed by atoms with Gasteiger partial charge in [0.1, 0.15) is 4.32 Å². The van der Waals surface area contributed by atoms with E-state index in [2.05, 4.69) is 27.8 Å². The first-order valence-electron chi connectivity index (χ1n) is 7.63. The predicted molar refractivity (Wildman–Crippen MR) is 104 cm³/mol. The maximum atomic E-state index is 12.9. The summed E-state index contributed by atoms with van der Waals surface area (Å²) in [6.07, 6.45) is 3.43. The molecule has 24 heavy (non-hydrogen) atoms. The molecule has 2 atom stereocenters. The molecule has 0 bridgehead atoms. The first kappa shape index (κ1) is 17.5. The third kappa shape index (κ3) is 3.01. The van der Waals surface area contributed by atoms with Crippen LogP contribution in [-0.2, 0) is 9.12 Å². The lowest BCUT2D eigenvalue weighted by Gasteiger charge is -2.31. The molecule has 1 amide bonds. The first-order chi connectivity index (χ1) is 11.5. The number of amides is 1. The molecule has 1 aliphatic heterocycles. The van der Waals surface area contributed by atoms with Crippen molar-refractivity contribution in [3.8, 4) is 0 Å². The number of carbonyl (C=O) groups excluding carboxylic acids is 1. The summed E-state index contributed by atoms with van der Waals surface area (Å²) < 4.78 is -0.861. The molecule has 5 heteroatoms. The van der Waals surface area contributed by atoms with Crippen LogP contribution in [0.25, 0.3) is 0 Å². The number of alkyl halides is 1. The number of anilines is 1. The van der Waals surface area contributed by atoms with Crippen molar-refractivity contribution in [3.63, 3.8) is 0 Å². The quantitative estimate of drug-likeness (QED) is 0.443. The van der Waals surface area contributed by atoms with Crippen LogP contribution in [0.15, 0.2) is 55.1 Å².